The molecular formula is C25H28F4N4O3. The van der Waals surface area contributed by atoms with Crippen LogP contribution in [0.1, 0.15) is 53.0 Å². The molecule has 194 valence electrons. The molecule has 3 amide bonds. The number of piperidine rings is 1. The molecule has 3 N–H and O–H groups in total. The zero-order valence-electron chi connectivity index (χ0n) is 20.0. The summed E-state index contributed by atoms with van der Waals surface area (Å²) < 4.78 is 56.8. The molecule has 2 aromatic carbocycles. The summed E-state index contributed by atoms with van der Waals surface area (Å²) in [5.74, 6) is -6.42. The van der Waals surface area contributed by atoms with E-state index in [1.54, 1.807) is 13.8 Å². The van der Waals surface area contributed by atoms with Crippen LogP contribution < -0.4 is 16.0 Å². The second-order valence-electron chi connectivity index (χ2n) is 8.46. The Morgan fingerprint density at radius 2 is 1.53 bits per heavy atom. The number of benzene rings is 2. The number of hydrogen-bond acceptors (Lipinski definition) is 4. The number of nitrogens with one attached hydrogen (secondary N) is 3. The summed E-state index contributed by atoms with van der Waals surface area (Å²) in [6, 6.07) is 4.44. The molecule has 0 atom stereocenters. The Hall–Kier alpha value is -3.47. The van der Waals surface area contributed by atoms with E-state index in [2.05, 4.69) is 16.0 Å². The molecule has 2 aromatic rings. The molecule has 0 bridgehead atoms. The fourth-order valence-electron chi connectivity index (χ4n) is 4.20. The summed E-state index contributed by atoms with van der Waals surface area (Å²) >= 11 is 0. The Morgan fingerprint density at radius 1 is 0.917 bits per heavy atom. The van der Waals surface area contributed by atoms with Gasteiger partial charge in [-0.05, 0) is 58.0 Å². The highest BCUT2D eigenvalue weighted by Gasteiger charge is 2.42. The number of hydrogen-bond donors (Lipinski definition) is 3. The molecule has 1 saturated heterocycles. The van der Waals surface area contributed by atoms with E-state index in [1.807, 2.05) is 0 Å². The first-order valence-electron chi connectivity index (χ1n) is 11.7. The summed E-state index contributed by atoms with van der Waals surface area (Å²) in [5, 5.41) is 8.11. The van der Waals surface area contributed by atoms with Gasteiger partial charge < -0.3 is 20.9 Å². The quantitative estimate of drug-likeness (QED) is 0.479. The minimum Gasteiger partial charge on any atom is -0.350 e. The second-order valence-corrected chi connectivity index (χ2v) is 8.46. The van der Waals surface area contributed by atoms with Gasteiger partial charge in [-0.15, -0.1) is 0 Å². The Bertz CT molecular complexity index is 1150. The summed E-state index contributed by atoms with van der Waals surface area (Å²) in [6.07, 6.45) is 0.208. The third-order valence-electron chi connectivity index (χ3n) is 6.29. The van der Waals surface area contributed by atoms with Gasteiger partial charge in [0.05, 0.1) is 11.1 Å². The SMILES string of the molecule is CCN(CC)C(=O)c1c(F)ccc(F)c1C(=O)NC1(C(=O)NCc2ccc(F)cc2F)CCNCC1. The second kappa shape index (κ2) is 11.5. The van der Waals surface area contributed by atoms with Crippen molar-refractivity contribution in [1.82, 2.24) is 20.9 Å². The maximum absolute atomic E-state index is 14.9. The highest BCUT2D eigenvalue weighted by molar-refractivity contribution is 6.09. The van der Waals surface area contributed by atoms with Gasteiger partial charge in [0.2, 0.25) is 5.91 Å². The third kappa shape index (κ3) is 5.67. The minimum atomic E-state index is -1.53. The van der Waals surface area contributed by atoms with E-state index in [-0.39, 0.29) is 38.0 Å². The first-order chi connectivity index (χ1) is 17.1. The first kappa shape index (κ1) is 27.1. The topological polar surface area (TPSA) is 90.5 Å². The molecule has 36 heavy (non-hydrogen) atoms. The Labute approximate surface area is 206 Å². The van der Waals surface area contributed by atoms with Gasteiger partial charge >= 0.3 is 0 Å². The standard InChI is InChI=1S/C25H28F4N4O3/c1-3-33(4-2)23(35)21-18(28)8-7-17(27)20(21)22(34)32-25(9-11-30-12-10-25)24(36)31-14-15-5-6-16(26)13-19(15)29/h5-8,13,30H,3-4,9-12,14H2,1-2H3,(H,31,36)(H,32,34). The van der Waals surface area contributed by atoms with Crippen LogP contribution in [0.15, 0.2) is 30.3 Å². The van der Waals surface area contributed by atoms with Crippen LogP contribution in [-0.4, -0.2) is 54.3 Å². The number of halogens is 4. The highest BCUT2D eigenvalue weighted by Crippen LogP contribution is 2.24. The van der Waals surface area contributed by atoms with Crippen molar-refractivity contribution in [1.29, 1.82) is 0 Å². The summed E-state index contributed by atoms with van der Waals surface area (Å²) in [7, 11) is 0. The molecule has 0 aliphatic carbocycles. The maximum Gasteiger partial charge on any atom is 0.257 e. The molecule has 0 aromatic heterocycles. The number of carbonyl (C=O) groups is 3. The molecule has 0 unspecified atom stereocenters. The fraction of sp³-hybridized carbons (Fsp3) is 0.400. The number of nitrogens with zero attached hydrogens (tertiary/aromatic N) is 1. The summed E-state index contributed by atoms with van der Waals surface area (Å²) in [6.45, 7) is 4.13. The highest BCUT2D eigenvalue weighted by atomic mass is 19.1. The molecule has 0 saturated carbocycles. The largest absolute Gasteiger partial charge is 0.350 e. The smallest absolute Gasteiger partial charge is 0.257 e. The fourth-order valence-corrected chi connectivity index (χ4v) is 4.20. The van der Waals surface area contributed by atoms with Crippen LogP contribution in [0.5, 0.6) is 0 Å². The van der Waals surface area contributed by atoms with E-state index < -0.39 is 57.7 Å². The molecule has 1 aliphatic rings. The van der Waals surface area contributed by atoms with Crippen molar-refractivity contribution in [2.45, 2.75) is 38.8 Å². The number of amides is 3. The predicted molar refractivity (Wildman–Crippen MR) is 124 cm³/mol. The van der Waals surface area contributed by atoms with Gasteiger partial charge in [0.1, 0.15) is 28.8 Å². The van der Waals surface area contributed by atoms with Crippen molar-refractivity contribution in [2.24, 2.45) is 0 Å². The Balaban J connectivity index is 1.91. The lowest BCUT2D eigenvalue weighted by molar-refractivity contribution is -0.128. The molecular weight excluding hydrogens is 480 g/mol. The zero-order chi connectivity index (χ0) is 26.5. The van der Waals surface area contributed by atoms with Crippen molar-refractivity contribution in [3.63, 3.8) is 0 Å². The van der Waals surface area contributed by atoms with Crippen LogP contribution in [0.3, 0.4) is 0 Å². The molecule has 0 radical (unpaired) electrons. The number of rotatable bonds is 8. The maximum atomic E-state index is 14.9. The molecule has 3 rings (SSSR count). The van der Waals surface area contributed by atoms with Crippen molar-refractivity contribution in [2.75, 3.05) is 26.2 Å². The summed E-state index contributed by atoms with van der Waals surface area (Å²) in [5.41, 5.74) is -3.01. The lowest BCUT2D eigenvalue weighted by atomic mass is 9.86. The van der Waals surface area contributed by atoms with Crippen molar-refractivity contribution in [3.05, 3.63) is 70.3 Å². The van der Waals surface area contributed by atoms with Gasteiger partial charge in [0.15, 0.2) is 0 Å². The normalized spacial score (nSPS) is 14.7. The van der Waals surface area contributed by atoms with Crippen LogP contribution in [0.2, 0.25) is 0 Å². The van der Waals surface area contributed by atoms with Crippen LogP contribution in [0.25, 0.3) is 0 Å². The van der Waals surface area contributed by atoms with Crippen molar-refractivity contribution >= 4 is 17.7 Å². The molecule has 1 fully saturated rings. The molecule has 1 heterocycles. The third-order valence-corrected chi connectivity index (χ3v) is 6.29. The zero-order valence-corrected chi connectivity index (χ0v) is 20.0. The lowest BCUT2D eigenvalue weighted by Crippen LogP contribution is -2.63. The van der Waals surface area contributed by atoms with Gasteiger partial charge in [-0.2, -0.15) is 0 Å². The van der Waals surface area contributed by atoms with E-state index in [9.17, 15) is 31.9 Å². The van der Waals surface area contributed by atoms with Gasteiger partial charge in [-0.25, -0.2) is 17.6 Å². The molecule has 7 nitrogen and oxygen atoms in total. The minimum absolute atomic E-state index is 0.0310. The Morgan fingerprint density at radius 3 is 2.11 bits per heavy atom. The van der Waals surface area contributed by atoms with Gasteiger partial charge in [0.25, 0.3) is 11.8 Å². The average molecular weight is 509 g/mol. The van der Waals surface area contributed by atoms with Crippen LogP contribution in [0, 0.1) is 23.3 Å². The average Bonchev–Trinajstić information content (AvgIpc) is 2.85. The van der Waals surface area contributed by atoms with E-state index in [0.29, 0.717) is 19.2 Å². The van der Waals surface area contributed by atoms with E-state index in [1.165, 1.54) is 11.0 Å². The van der Waals surface area contributed by atoms with Crippen molar-refractivity contribution in [3.8, 4) is 0 Å². The van der Waals surface area contributed by atoms with E-state index >= 15 is 0 Å². The molecule has 1 aliphatic heterocycles. The van der Waals surface area contributed by atoms with Gasteiger partial charge in [-0.3, -0.25) is 14.4 Å². The lowest BCUT2D eigenvalue weighted by Gasteiger charge is -2.37. The van der Waals surface area contributed by atoms with Crippen LogP contribution in [-0.2, 0) is 11.3 Å². The molecule has 0 spiro atoms. The monoisotopic (exact) mass is 508 g/mol. The van der Waals surface area contributed by atoms with Crippen LogP contribution >= 0.6 is 0 Å². The van der Waals surface area contributed by atoms with E-state index in [4.69, 9.17) is 0 Å². The summed E-state index contributed by atoms with van der Waals surface area (Å²) in [4.78, 5) is 40.7. The molecule has 11 heteroatoms. The van der Waals surface area contributed by atoms with E-state index in [0.717, 1.165) is 18.2 Å². The van der Waals surface area contributed by atoms with Crippen molar-refractivity contribution < 1.29 is 31.9 Å². The predicted octanol–water partition coefficient (Wildman–Crippen LogP) is 2.89. The first-order valence-corrected chi connectivity index (χ1v) is 11.7. The number of carbonyl (C=O) groups excluding carboxylic acids is 3. The Kier molecular flexibility index (Phi) is 8.67. The van der Waals surface area contributed by atoms with Gasteiger partial charge in [-0.1, -0.05) is 6.07 Å². The van der Waals surface area contributed by atoms with Gasteiger partial charge in [0, 0.05) is 31.3 Å². The van der Waals surface area contributed by atoms with Crippen LogP contribution in [0.4, 0.5) is 17.6 Å².